The van der Waals surface area contributed by atoms with E-state index in [9.17, 15) is 14.7 Å². The summed E-state index contributed by atoms with van der Waals surface area (Å²) in [4.78, 5) is 27.5. The van der Waals surface area contributed by atoms with E-state index in [4.69, 9.17) is 17.3 Å². The molecule has 1 aliphatic heterocycles. The van der Waals surface area contributed by atoms with Crippen LogP contribution >= 0.6 is 23.6 Å². The molecule has 134 valence electrons. The zero-order chi connectivity index (χ0) is 18.8. The normalized spacial score (nSPS) is 15.0. The van der Waals surface area contributed by atoms with Gasteiger partial charge >= 0.3 is 5.97 Å². The highest BCUT2D eigenvalue weighted by atomic mass is 32.1. The number of nitrogens with one attached hydrogen (secondary N) is 1. The van der Waals surface area contributed by atoms with Crippen molar-refractivity contribution < 1.29 is 19.8 Å². The van der Waals surface area contributed by atoms with Gasteiger partial charge in [-0.2, -0.15) is 0 Å². The molecular formula is C17H15N3O4S2. The molecule has 0 saturated carbocycles. The van der Waals surface area contributed by atoms with Gasteiger partial charge in [0.1, 0.15) is 12.6 Å². The number of carbonyl (C=O) groups is 2. The van der Waals surface area contributed by atoms with Gasteiger partial charge in [0.2, 0.25) is 11.8 Å². The van der Waals surface area contributed by atoms with Crippen LogP contribution in [0.1, 0.15) is 23.4 Å². The van der Waals surface area contributed by atoms with E-state index in [0.29, 0.717) is 8.83 Å². The summed E-state index contributed by atoms with van der Waals surface area (Å²) in [7, 11) is 0. The van der Waals surface area contributed by atoms with Crippen LogP contribution in [0.5, 0.6) is 5.88 Å². The quantitative estimate of drug-likeness (QED) is 0.682. The third-order valence-electron chi connectivity index (χ3n) is 3.87. The fourth-order valence-electron chi connectivity index (χ4n) is 2.55. The molecule has 0 spiro atoms. The molecule has 3 rings (SSSR count). The molecule has 0 bridgehead atoms. The lowest BCUT2D eigenvalue weighted by Gasteiger charge is -2.13. The zero-order valence-corrected chi connectivity index (χ0v) is 15.3. The lowest BCUT2D eigenvalue weighted by atomic mass is 10.1. The van der Waals surface area contributed by atoms with Crippen LogP contribution in [-0.2, 0) is 9.59 Å². The van der Waals surface area contributed by atoms with Crippen molar-refractivity contribution in [1.29, 1.82) is 0 Å². The van der Waals surface area contributed by atoms with Crippen molar-refractivity contribution in [1.82, 2.24) is 9.88 Å². The maximum atomic E-state index is 12.1. The Hall–Kier alpha value is -2.78. The number of para-hydroxylation sites is 1. The molecule has 3 N–H and O–H groups in total. The average molecular weight is 389 g/mol. The lowest BCUT2D eigenvalue weighted by Crippen LogP contribution is -2.34. The topological polar surface area (TPSA) is 104 Å². The Labute approximate surface area is 157 Å². The first-order valence-electron chi connectivity index (χ1n) is 7.67. The molecule has 2 heterocycles. The summed E-state index contributed by atoms with van der Waals surface area (Å²) in [5.74, 6) is -1.82. The van der Waals surface area contributed by atoms with E-state index < -0.39 is 24.5 Å². The summed E-state index contributed by atoms with van der Waals surface area (Å²) in [6, 6.07) is 6.80. The number of amides is 1. The Kier molecular flexibility index (Phi) is 5.01. The van der Waals surface area contributed by atoms with Crippen molar-refractivity contribution in [2.24, 2.45) is 4.99 Å². The Morgan fingerprint density at radius 2 is 2.15 bits per heavy atom. The number of nitrogens with zero attached hydrogens (tertiary/aromatic N) is 2. The molecule has 9 heteroatoms. The maximum Gasteiger partial charge on any atom is 0.322 e. The monoisotopic (exact) mass is 389 g/mol. The molecule has 0 radical (unpaired) electrons. The average Bonchev–Trinajstić information content (AvgIpc) is 3.13. The van der Waals surface area contributed by atoms with Gasteiger partial charge in [0.15, 0.2) is 3.95 Å². The molecule has 1 aliphatic rings. The van der Waals surface area contributed by atoms with E-state index in [1.54, 1.807) is 19.2 Å². The molecule has 26 heavy (non-hydrogen) atoms. The van der Waals surface area contributed by atoms with Crippen LogP contribution in [0.25, 0.3) is 11.6 Å². The van der Waals surface area contributed by atoms with Crippen LogP contribution in [0.2, 0.25) is 0 Å². The first-order chi connectivity index (χ1) is 12.4. The number of aliphatic carboxylic acids is 1. The highest BCUT2D eigenvalue weighted by molar-refractivity contribution is 7.73. The van der Waals surface area contributed by atoms with Crippen LogP contribution < -0.4 is 5.32 Å². The number of carboxylic acid groups (broad SMARTS) is 1. The Morgan fingerprint density at radius 3 is 2.88 bits per heavy atom. The van der Waals surface area contributed by atoms with E-state index in [-0.39, 0.29) is 5.88 Å². The van der Waals surface area contributed by atoms with Gasteiger partial charge in [-0.25, -0.2) is 0 Å². The number of allylic oxidation sites excluding steroid dienone is 1. The molecule has 0 saturated heterocycles. The Balaban J connectivity index is 1.91. The van der Waals surface area contributed by atoms with E-state index >= 15 is 0 Å². The molecule has 7 nitrogen and oxygen atoms in total. The number of carbonyl (C=O) groups excluding carboxylic acids is 1. The highest BCUT2D eigenvalue weighted by Crippen LogP contribution is 2.36. The number of thiazole rings is 1. The number of hydrogen-bond donors (Lipinski definition) is 3. The number of fused-ring (bicyclic) bond motifs is 1. The van der Waals surface area contributed by atoms with Gasteiger partial charge in [0, 0.05) is 17.4 Å². The predicted molar refractivity (Wildman–Crippen MR) is 103 cm³/mol. The summed E-state index contributed by atoms with van der Waals surface area (Å²) in [5.41, 5.74) is 2.63. The van der Waals surface area contributed by atoms with Gasteiger partial charge in [-0.05, 0) is 31.3 Å². The molecular weight excluding hydrogens is 374 g/mol. The van der Waals surface area contributed by atoms with E-state index in [1.807, 2.05) is 24.3 Å². The first kappa shape index (κ1) is 18.0. The van der Waals surface area contributed by atoms with Gasteiger partial charge in [0.25, 0.3) is 0 Å². The standard InChI is InChI=1S/C17H15N3O4S2/c1-9(15(23)19-8-14(21)22)20-16(24)13(26-17(20)25)6-10-7-18-12-5-3-2-4-11(10)12/h2-7,9,24H,8H2,1H3,(H,19,23)(H,21,22)/b10-6+. The molecule has 1 unspecified atom stereocenters. The molecule has 1 aromatic heterocycles. The lowest BCUT2D eigenvalue weighted by molar-refractivity contribution is -0.138. The van der Waals surface area contributed by atoms with Crippen molar-refractivity contribution in [2.75, 3.05) is 6.54 Å². The number of benzene rings is 1. The molecule has 0 fully saturated rings. The molecule has 1 atom stereocenters. The second kappa shape index (κ2) is 7.22. The fourth-order valence-corrected chi connectivity index (χ4v) is 3.97. The molecule has 2 aromatic rings. The van der Waals surface area contributed by atoms with Crippen LogP contribution in [0.4, 0.5) is 5.69 Å². The van der Waals surface area contributed by atoms with Crippen molar-refractivity contribution >= 4 is 59.0 Å². The minimum atomic E-state index is -1.15. The smallest absolute Gasteiger partial charge is 0.322 e. The number of aromatic hydroxyl groups is 1. The number of aliphatic imine (C=N–C) groups is 1. The van der Waals surface area contributed by atoms with Gasteiger partial charge in [0.05, 0.1) is 10.6 Å². The molecule has 0 aliphatic carbocycles. The summed E-state index contributed by atoms with van der Waals surface area (Å²) >= 11 is 6.44. The number of hydrogen-bond acceptors (Lipinski definition) is 6. The fraction of sp³-hybridized carbons (Fsp3) is 0.176. The first-order valence-corrected chi connectivity index (χ1v) is 8.90. The summed E-state index contributed by atoms with van der Waals surface area (Å²) in [6.07, 6.45) is 3.48. The molecule has 1 amide bonds. The largest absolute Gasteiger partial charge is 0.493 e. The van der Waals surface area contributed by atoms with E-state index in [0.717, 1.165) is 16.8 Å². The molecule has 1 aromatic carbocycles. The van der Waals surface area contributed by atoms with E-state index in [1.165, 1.54) is 15.9 Å². The van der Waals surface area contributed by atoms with Gasteiger partial charge < -0.3 is 15.5 Å². The van der Waals surface area contributed by atoms with Crippen molar-refractivity contribution in [2.45, 2.75) is 13.0 Å². The summed E-state index contributed by atoms with van der Waals surface area (Å²) in [6.45, 7) is 1.05. The predicted octanol–water partition coefficient (Wildman–Crippen LogP) is 3.00. The number of aromatic nitrogens is 1. The van der Waals surface area contributed by atoms with Crippen LogP contribution in [0.15, 0.2) is 29.3 Å². The summed E-state index contributed by atoms with van der Waals surface area (Å²) in [5, 5.41) is 21.5. The minimum absolute atomic E-state index is 0.136. The third-order valence-corrected chi connectivity index (χ3v) is 5.21. The van der Waals surface area contributed by atoms with Crippen molar-refractivity contribution in [3.05, 3.63) is 38.7 Å². The maximum absolute atomic E-state index is 12.1. The van der Waals surface area contributed by atoms with Gasteiger partial charge in [-0.3, -0.25) is 19.1 Å². The van der Waals surface area contributed by atoms with Crippen molar-refractivity contribution in [3.63, 3.8) is 0 Å². The highest BCUT2D eigenvalue weighted by Gasteiger charge is 2.22. The minimum Gasteiger partial charge on any atom is -0.493 e. The number of rotatable bonds is 5. The van der Waals surface area contributed by atoms with Gasteiger partial charge in [-0.1, -0.05) is 18.2 Å². The third kappa shape index (κ3) is 3.44. The Bertz CT molecular complexity index is 1000. The second-order valence-corrected chi connectivity index (χ2v) is 7.26. The Morgan fingerprint density at radius 1 is 1.42 bits per heavy atom. The summed E-state index contributed by atoms with van der Waals surface area (Å²) < 4.78 is 1.62. The number of carboxylic acids is 1. The van der Waals surface area contributed by atoms with E-state index in [2.05, 4.69) is 10.3 Å². The second-order valence-electron chi connectivity index (χ2n) is 5.59. The van der Waals surface area contributed by atoms with Gasteiger partial charge in [-0.15, -0.1) is 11.3 Å². The van der Waals surface area contributed by atoms with Crippen LogP contribution in [-0.4, -0.2) is 39.4 Å². The van der Waals surface area contributed by atoms with Crippen molar-refractivity contribution in [3.8, 4) is 5.88 Å². The zero-order valence-electron chi connectivity index (χ0n) is 13.7. The van der Waals surface area contributed by atoms with Crippen LogP contribution in [0, 0.1) is 3.95 Å². The SMILES string of the molecule is CC(C(=O)NCC(=O)O)n1c(O)c(/C=C2\C=Nc3ccccc32)sc1=S. The van der Waals surface area contributed by atoms with Crippen LogP contribution in [0.3, 0.4) is 0 Å².